The van der Waals surface area contributed by atoms with Crippen LogP contribution in [0.25, 0.3) is 17.8 Å². The molecule has 0 radical (unpaired) electrons. The van der Waals surface area contributed by atoms with E-state index in [1.54, 1.807) is 23.9 Å². The van der Waals surface area contributed by atoms with Gasteiger partial charge in [0.2, 0.25) is 0 Å². The molecule has 0 saturated carbocycles. The second kappa shape index (κ2) is 5.84. The van der Waals surface area contributed by atoms with Gasteiger partial charge >= 0.3 is 0 Å². The molecule has 0 bridgehead atoms. The number of ether oxygens (including phenoxy) is 1. The van der Waals surface area contributed by atoms with Gasteiger partial charge in [-0.2, -0.15) is 0 Å². The van der Waals surface area contributed by atoms with Gasteiger partial charge in [-0.3, -0.25) is 4.98 Å². The van der Waals surface area contributed by atoms with Crippen LogP contribution in [0, 0.1) is 13.8 Å². The fourth-order valence-corrected chi connectivity index (χ4v) is 2.47. The van der Waals surface area contributed by atoms with Gasteiger partial charge in [0.15, 0.2) is 11.5 Å². The number of rotatable bonds is 3. The number of halogens is 1. The molecular formula is C15H14BrN5O. The summed E-state index contributed by atoms with van der Waals surface area (Å²) in [5.41, 5.74) is 3.31. The molecule has 0 unspecified atom stereocenters. The third-order valence-electron chi connectivity index (χ3n) is 3.15. The Morgan fingerprint density at radius 2 is 2.00 bits per heavy atom. The average molecular weight is 360 g/mol. The fraction of sp³-hybridized carbons (Fsp3) is 0.200. The minimum Gasteiger partial charge on any atom is -0.497 e. The van der Waals surface area contributed by atoms with E-state index in [1.807, 2.05) is 32.1 Å². The summed E-state index contributed by atoms with van der Waals surface area (Å²) in [5, 5.41) is 4.46. The van der Waals surface area contributed by atoms with Gasteiger partial charge in [-0.05, 0) is 41.9 Å². The number of hydrogen-bond acceptors (Lipinski definition) is 5. The van der Waals surface area contributed by atoms with Crippen LogP contribution in [0.5, 0.6) is 5.75 Å². The number of hydrogen-bond donors (Lipinski definition) is 0. The summed E-state index contributed by atoms with van der Waals surface area (Å²) in [4.78, 5) is 13.1. The summed E-state index contributed by atoms with van der Waals surface area (Å²) >= 11 is 3.36. The van der Waals surface area contributed by atoms with Crippen molar-refractivity contribution in [2.45, 2.75) is 13.8 Å². The van der Waals surface area contributed by atoms with E-state index in [-0.39, 0.29) is 0 Å². The minimum atomic E-state index is 0.611. The van der Waals surface area contributed by atoms with Crippen LogP contribution in [-0.4, -0.2) is 31.7 Å². The zero-order valence-electron chi connectivity index (χ0n) is 12.4. The molecule has 0 amide bonds. The molecule has 0 aromatic carbocycles. The predicted octanol–water partition coefficient (Wildman–Crippen LogP) is 3.08. The Balaban J connectivity index is 1.97. The van der Waals surface area contributed by atoms with Crippen molar-refractivity contribution in [1.82, 2.24) is 24.6 Å². The number of nitrogens with zero attached hydrogens (tertiary/aromatic N) is 5. The Kier molecular flexibility index (Phi) is 3.89. The summed E-state index contributed by atoms with van der Waals surface area (Å²) in [7, 11) is 1.62. The van der Waals surface area contributed by atoms with Gasteiger partial charge < -0.3 is 4.74 Å². The summed E-state index contributed by atoms with van der Waals surface area (Å²) < 4.78 is 7.72. The van der Waals surface area contributed by atoms with Gasteiger partial charge in [-0.25, -0.2) is 14.5 Å². The maximum absolute atomic E-state index is 5.22. The Labute approximate surface area is 136 Å². The van der Waals surface area contributed by atoms with Crippen molar-refractivity contribution < 1.29 is 4.74 Å². The first-order chi connectivity index (χ1) is 10.6. The van der Waals surface area contributed by atoms with Crippen LogP contribution >= 0.6 is 15.9 Å². The number of methoxy groups -OCH3 is 1. The highest BCUT2D eigenvalue weighted by Crippen LogP contribution is 2.19. The molecule has 3 aromatic rings. The number of aromatic nitrogens is 5. The maximum Gasteiger partial charge on any atom is 0.177 e. The summed E-state index contributed by atoms with van der Waals surface area (Å²) in [6.45, 7) is 3.86. The van der Waals surface area contributed by atoms with Crippen LogP contribution < -0.4 is 4.74 Å². The van der Waals surface area contributed by atoms with E-state index in [4.69, 9.17) is 4.74 Å². The lowest BCUT2D eigenvalue weighted by molar-refractivity contribution is 0.413. The van der Waals surface area contributed by atoms with E-state index in [9.17, 15) is 0 Å². The Morgan fingerprint density at radius 1 is 1.18 bits per heavy atom. The highest BCUT2D eigenvalue weighted by molar-refractivity contribution is 9.10. The average Bonchev–Trinajstić information content (AvgIpc) is 2.94. The number of pyridine rings is 1. The second-order valence-electron chi connectivity index (χ2n) is 4.78. The standard InChI is InChI=1S/C15H14BrN5O/c1-9-8-17-10(2)15-19-14(20-21(9)15)5-4-11-6-12(22-3)7-13(16)18-11/h4-8H,1-3H3/b5-4+. The lowest BCUT2D eigenvalue weighted by Gasteiger charge is -2.01. The zero-order valence-corrected chi connectivity index (χ0v) is 14.0. The second-order valence-corrected chi connectivity index (χ2v) is 5.59. The molecule has 0 aliphatic rings. The van der Waals surface area contributed by atoms with Crippen molar-refractivity contribution in [2.75, 3.05) is 7.11 Å². The van der Waals surface area contributed by atoms with Crippen LogP contribution in [0.1, 0.15) is 22.9 Å². The SMILES string of the molecule is COc1cc(Br)nc(/C=C/c2nc3c(C)ncc(C)n3n2)c1. The third-order valence-corrected chi connectivity index (χ3v) is 3.56. The fourth-order valence-electron chi connectivity index (χ4n) is 2.04. The molecule has 112 valence electrons. The maximum atomic E-state index is 5.22. The molecule has 3 heterocycles. The molecule has 3 aromatic heterocycles. The van der Waals surface area contributed by atoms with Crippen molar-refractivity contribution in [2.24, 2.45) is 0 Å². The smallest absolute Gasteiger partial charge is 0.177 e. The highest BCUT2D eigenvalue weighted by Gasteiger charge is 2.07. The predicted molar refractivity (Wildman–Crippen MR) is 87.7 cm³/mol. The topological polar surface area (TPSA) is 65.2 Å². The van der Waals surface area contributed by atoms with Crippen LogP contribution in [0.3, 0.4) is 0 Å². The highest BCUT2D eigenvalue weighted by atomic mass is 79.9. The molecule has 0 atom stereocenters. The van der Waals surface area contributed by atoms with E-state index < -0.39 is 0 Å². The van der Waals surface area contributed by atoms with Gasteiger partial charge in [0.25, 0.3) is 0 Å². The lowest BCUT2D eigenvalue weighted by Crippen LogP contribution is -1.97. The molecule has 0 fully saturated rings. The molecule has 3 rings (SSSR count). The largest absolute Gasteiger partial charge is 0.497 e. The first-order valence-electron chi connectivity index (χ1n) is 6.65. The van der Waals surface area contributed by atoms with E-state index in [0.29, 0.717) is 10.4 Å². The first kappa shape index (κ1) is 14.6. The van der Waals surface area contributed by atoms with Crippen molar-refractivity contribution >= 4 is 33.7 Å². The molecule has 7 heteroatoms. The van der Waals surface area contributed by atoms with Gasteiger partial charge in [0, 0.05) is 18.3 Å². The van der Waals surface area contributed by atoms with Gasteiger partial charge in [0.1, 0.15) is 10.4 Å². The van der Waals surface area contributed by atoms with Crippen molar-refractivity contribution in [1.29, 1.82) is 0 Å². The normalized spacial score (nSPS) is 11.5. The zero-order chi connectivity index (χ0) is 15.7. The first-order valence-corrected chi connectivity index (χ1v) is 7.45. The molecule has 0 spiro atoms. The quantitative estimate of drug-likeness (QED) is 0.672. The number of aryl methyl sites for hydroxylation is 2. The summed E-state index contributed by atoms with van der Waals surface area (Å²) in [6, 6.07) is 3.65. The summed E-state index contributed by atoms with van der Waals surface area (Å²) in [6.07, 6.45) is 5.45. The van der Waals surface area contributed by atoms with Crippen molar-refractivity contribution in [3.8, 4) is 5.75 Å². The lowest BCUT2D eigenvalue weighted by atomic mass is 10.3. The van der Waals surface area contributed by atoms with Crippen LogP contribution in [0.4, 0.5) is 0 Å². The van der Waals surface area contributed by atoms with Crippen LogP contribution in [0.15, 0.2) is 22.9 Å². The molecule has 0 saturated heterocycles. The van der Waals surface area contributed by atoms with E-state index in [1.165, 1.54) is 0 Å². The summed E-state index contributed by atoms with van der Waals surface area (Å²) in [5.74, 6) is 1.35. The number of fused-ring (bicyclic) bond motifs is 1. The van der Waals surface area contributed by atoms with Crippen molar-refractivity contribution in [3.05, 3.63) is 45.8 Å². The molecular weight excluding hydrogens is 346 g/mol. The molecule has 0 N–H and O–H groups in total. The van der Waals surface area contributed by atoms with E-state index in [0.717, 1.165) is 28.5 Å². The molecule has 0 aliphatic heterocycles. The Morgan fingerprint density at radius 3 is 2.73 bits per heavy atom. The molecule has 6 nitrogen and oxygen atoms in total. The monoisotopic (exact) mass is 359 g/mol. The Hall–Kier alpha value is -2.28. The molecule has 0 aliphatic carbocycles. The van der Waals surface area contributed by atoms with Crippen LogP contribution in [0.2, 0.25) is 0 Å². The van der Waals surface area contributed by atoms with E-state index >= 15 is 0 Å². The van der Waals surface area contributed by atoms with Gasteiger partial charge in [-0.15, -0.1) is 5.10 Å². The van der Waals surface area contributed by atoms with Gasteiger partial charge in [-0.1, -0.05) is 0 Å². The molecule has 22 heavy (non-hydrogen) atoms. The Bertz CT molecular complexity index is 833. The van der Waals surface area contributed by atoms with Crippen LogP contribution in [-0.2, 0) is 0 Å². The van der Waals surface area contributed by atoms with Gasteiger partial charge in [0.05, 0.1) is 24.2 Å². The van der Waals surface area contributed by atoms with Crippen molar-refractivity contribution in [3.63, 3.8) is 0 Å². The minimum absolute atomic E-state index is 0.611. The third kappa shape index (κ3) is 2.85. The van der Waals surface area contributed by atoms with E-state index in [2.05, 4.69) is 36.0 Å².